The largest absolute Gasteiger partial charge is 0.328 e. The van der Waals surface area contributed by atoms with E-state index in [1.165, 1.54) is 36.8 Å². The summed E-state index contributed by atoms with van der Waals surface area (Å²) in [4.78, 5) is 0. The summed E-state index contributed by atoms with van der Waals surface area (Å²) in [5, 5.41) is 3.48. The lowest BCUT2D eigenvalue weighted by Gasteiger charge is -2.32. The molecule has 1 fully saturated rings. The van der Waals surface area contributed by atoms with Gasteiger partial charge in [0.25, 0.3) is 0 Å². The molecule has 0 spiro atoms. The number of aryl methyl sites for hydroxylation is 1. The van der Waals surface area contributed by atoms with Crippen LogP contribution in [0.25, 0.3) is 0 Å². The number of hydrogen-bond donors (Lipinski definition) is 2. The smallest absolute Gasteiger partial charge is 0.0346 e. The minimum atomic E-state index is 0.432. The summed E-state index contributed by atoms with van der Waals surface area (Å²) >= 11 is 0. The summed E-state index contributed by atoms with van der Waals surface area (Å²) in [5.41, 5.74) is 8.72. The monoisotopic (exact) mass is 232 g/mol. The highest BCUT2D eigenvalue weighted by molar-refractivity contribution is 5.24. The van der Waals surface area contributed by atoms with Crippen molar-refractivity contribution < 1.29 is 0 Å². The van der Waals surface area contributed by atoms with E-state index >= 15 is 0 Å². The Morgan fingerprint density at radius 2 is 1.71 bits per heavy atom. The topological polar surface area (TPSA) is 38.0 Å². The van der Waals surface area contributed by atoms with E-state index in [2.05, 4.69) is 43.6 Å². The van der Waals surface area contributed by atoms with Crippen LogP contribution in [-0.2, 0) is 0 Å². The van der Waals surface area contributed by atoms with Crippen molar-refractivity contribution in [3.8, 4) is 0 Å². The maximum Gasteiger partial charge on any atom is 0.0346 e. The van der Waals surface area contributed by atoms with Crippen LogP contribution in [0.4, 0.5) is 0 Å². The van der Waals surface area contributed by atoms with Crippen LogP contribution in [-0.4, -0.2) is 13.1 Å². The third-order valence-electron chi connectivity index (χ3n) is 4.04. The zero-order valence-corrected chi connectivity index (χ0v) is 10.9. The molecule has 1 aliphatic carbocycles. The highest BCUT2D eigenvalue weighted by Gasteiger charge is 2.26. The minimum absolute atomic E-state index is 0.432. The number of hydrogen-bond acceptors (Lipinski definition) is 2. The molecule has 2 nitrogen and oxygen atoms in total. The molecule has 2 rings (SSSR count). The van der Waals surface area contributed by atoms with Gasteiger partial charge >= 0.3 is 0 Å². The molecule has 1 aromatic rings. The Morgan fingerprint density at radius 3 is 2.24 bits per heavy atom. The molecule has 1 aliphatic rings. The predicted molar refractivity (Wildman–Crippen MR) is 72.9 cm³/mol. The zero-order valence-electron chi connectivity index (χ0n) is 10.9. The predicted octanol–water partition coefficient (Wildman–Crippen LogP) is 2.77. The van der Waals surface area contributed by atoms with E-state index in [1.807, 2.05) is 0 Å². The van der Waals surface area contributed by atoms with Gasteiger partial charge in [-0.3, -0.25) is 0 Å². The van der Waals surface area contributed by atoms with Gasteiger partial charge in [-0.25, -0.2) is 0 Å². The second-order valence-electron chi connectivity index (χ2n) is 5.35. The van der Waals surface area contributed by atoms with Crippen LogP contribution in [0.3, 0.4) is 0 Å². The molecule has 1 unspecified atom stereocenters. The highest BCUT2D eigenvalue weighted by Crippen LogP contribution is 2.33. The molecule has 17 heavy (non-hydrogen) atoms. The van der Waals surface area contributed by atoms with E-state index in [-0.39, 0.29) is 0 Å². The Balaban J connectivity index is 2.08. The Hall–Kier alpha value is -0.860. The molecule has 94 valence electrons. The summed E-state index contributed by atoms with van der Waals surface area (Å²) in [6, 6.07) is 9.84. The van der Waals surface area contributed by atoms with Gasteiger partial charge in [0.15, 0.2) is 0 Å². The van der Waals surface area contributed by atoms with Crippen LogP contribution in [0.2, 0.25) is 0 Å². The molecule has 1 atom stereocenters. The maximum atomic E-state index is 5.98. The van der Waals surface area contributed by atoms with Crippen molar-refractivity contribution in [1.82, 2.24) is 5.32 Å². The molecule has 0 radical (unpaired) electrons. The highest BCUT2D eigenvalue weighted by atomic mass is 14.9. The van der Waals surface area contributed by atoms with E-state index in [4.69, 9.17) is 5.73 Å². The minimum Gasteiger partial charge on any atom is -0.328 e. The molecule has 3 N–H and O–H groups in total. The van der Waals surface area contributed by atoms with Crippen LogP contribution in [0, 0.1) is 12.8 Å². The summed E-state index contributed by atoms with van der Waals surface area (Å²) in [6.45, 7) is 2.14. The molecular formula is C15H24N2. The van der Waals surface area contributed by atoms with Crippen molar-refractivity contribution in [2.75, 3.05) is 7.05 Å². The first kappa shape index (κ1) is 12.6. The normalized spacial score (nSPS) is 26.8. The SMILES string of the molecule is CNC(c1ccc(C)cc1)C1CCC(N)CC1. The van der Waals surface area contributed by atoms with E-state index in [9.17, 15) is 0 Å². The number of benzene rings is 1. The Bertz CT molecular complexity index is 336. The Kier molecular flexibility index (Phi) is 4.19. The van der Waals surface area contributed by atoms with Gasteiger partial charge in [0.05, 0.1) is 0 Å². The van der Waals surface area contributed by atoms with E-state index in [0.29, 0.717) is 12.1 Å². The van der Waals surface area contributed by atoms with Crippen LogP contribution in [0.5, 0.6) is 0 Å². The van der Waals surface area contributed by atoms with E-state index in [1.54, 1.807) is 0 Å². The average Bonchev–Trinajstić information content (AvgIpc) is 2.35. The average molecular weight is 232 g/mol. The number of rotatable bonds is 3. The van der Waals surface area contributed by atoms with Gasteiger partial charge < -0.3 is 11.1 Å². The molecule has 0 aliphatic heterocycles. The van der Waals surface area contributed by atoms with Gasteiger partial charge in [0.2, 0.25) is 0 Å². The van der Waals surface area contributed by atoms with Gasteiger partial charge in [-0.2, -0.15) is 0 Å². The second kappa shape index (κ2) is 5.65. The first-order valence-electron chi connectivity index (χ1n) is 6.70. The van der Waals surface area contributed by atoms with Crippen molar-refractivity contribution in [3.05, 3.63) is 35.4 Å². The first-order valence-corrected chi connectivity index (χ1v) is 6.70. The lowest BCUT2D eigenvalue weighted by atomic mass is 9.79. The van der Waals surface area contributed by atoms with Crippen LogP contribution >= 0.6 is 0 Å². The Labute approximate surface area is 105 Å². The lowest BCUT2D eigenvalue weighted by molar-refractivity contribution is 0.262. The fourth-order valence-electron chi connectivity index (χ4n) is 2.93. The zero-order chi connectivity index (χ0) is 12.3. The first-order chi connectivity index (χ1) is 8.20. The second-order valence-corrected chi connectivity index (χ2v) is 5.35. The van der Waals surface area contributed by atoms with Gasteiger partial charge in [-0.1, -0.05) is 29.8 Å². The molecule has 0 saturated heterocycles. The summed E-state index contributed by atoms with van der Waals surface area (Å²) < 4.78 is 0. The molecule has 1 aromatic carbocycles. The van der Waals surface area contributed by atoms with Crippen LogP contribution < -0.4 is 11.1 Å². The lowest BCUT2D eigenvalue weighted by Crippen LogP contribution is -2.33. The van der Waals surface area contributed by atoms with E-state index in [0.717, 1.165) is 5.92 Å². The van der Waals surface area contributed by atoms with Gasteiger partial charge in [-0.05, 0) is 51.1 Å². The van der Waals surface area contributed by atoms with Gasteiger partial charge in [0.1, 0.15) is 0 Å². The summed E-state index contributed by atoms with van der Waals surface area (Å²) in [7, 11) is 2.07. The van der Waals surface area contributed by atoms with E-state index < -0.39 is 0 Å². The summed E-state index contributed by atoms with van der Waals surface area (Å²) in [5.74, 6) is 0.738. The molecular weight excluding hydrogens is 208 g/mol. The van der Waals surface area contributed by atoms with Crippen molar-refractivity contribution in [1.29, 1.82) is 0 Å². The van der Waals surface area contributed by atoms with Crippen molar-refractivity contribution in [2.24, 2.45) is 11.7 Å². The van der Waals surface area contributed by atoms with Crippen molar-refractivity contribution in [3.63, 3.8) is 0 Å². The molecule has 1 saturated carbocycles. The Morgan fingerprint density at radius 1 is 1.12 bits per heavy atom. The quantitative estimate of drug-likeness (QED) is 0.841. The fourth-order valence-corrected chi connectivity index (χ4v) is 2.93. The maximum absolute atomic E-state index is 5.98. The van der Waals surface area contributed by atoms with Gasteiger partial charge in [0, 0.05) is 12.1 Å². The molecule has 0 amide bonds. The molecule has 0 heterocycles. The van der Waals surface area contributed by atoms with Crippen molar-refractivity contribution >= 4 is 0 Å². The van der Waals surface area contributed by atoms with Crippen LogP contribution in [0.1, 0.15) is 42.9 Å². The summed E-state index contributed by atoms with van der Waals surface area (Å²) in [6.07, 6.45) is 4.85. The third-order valence-corrected chi connectivity index (χ3v) is 4.04. The fraction of sp³-hybridized carbons (Fsp3) is 0.600. The molecule has 2 heteroatoms. The standard InChI is InChI=1S/C15H24N2/c1-11-3-5-12(6-4-11)15(17-2)13-7-9-14(16)10-8-13/h3-6,13-15,17H,7-10,16H2,1-2H3. The van der Waals surface area contributed by atoms with Crippen molar-refractivity contribution in [2.45, 2.75) is 44.7 Å². The number of nitrogens with two attached hydrogens (primary N) is 1. The third kappa shape index (κ3) is 3.08. The van der Waals surface area contributed by atoms with Gasteiger partial charge in [-0.15, -0.1) is 0 Å². The molecule has 0 bridgehead atoms. The van der Waals surface area contributed by atoms with Crippen LogP contribution in [0.15, 0.2) is 24.3 Å². The number of nitrogens with one attached hydrogen (secondary N) is 1. The molecule has 0 aromatic heterocycles.